The van der Waals surface area contributed by atoms with Gasteiger partial charge in [-0.2, -0.15) is 0 Å². The molecule has 0 amide bonds. The molecule has 2 heterocycles. The number of likely N-dealkylation sites (tertiary alicyclic amines) is 1. The third kappa shape index (κ3) is 2.29. The Morgan fingerprint density at radius 1 is 1.53 bits per heavy atom. The van der Waals surface area contributed by atoms with Crippen LogP contribution in [0.2, 0.25) is 0 Å². The lowest BCUT2D eigenvalue weighted by Gasteiger charge is -2.32. The van der Waals surface area contributed by atoms with Crippen LogP contribution in [0.5, 0.6) is 0 Å². The van der Waals surface area contributed by atoms with Crippen molar-refractivity contribution in [1.29, 1.82) is 0 Å². The normalized spacial score (nSPS) is 22.9. The van der Waals surface area contributed by atoms with Gasteiger partial charge in [-0.15, -0.1) is 0 Å². The van der Waals surface area contributed by atoms with Crippen LogP contribution in [0.25, 0.3) is 0 Å². The van der Waals surface area contributed by atoms with Crippen molar-refractivity contribution in [2.45, 2.75) is 31.8 Å². The summed E-state index contributed by atoms with van der Waals surface area (Å²) in [6.45, 7) is 2.12. The second-order valence-electron chi connectivity index (χ2n) is 4.33. The van der Waals surface area contributed by atoms with Gasteiger partial charge in [-0.1, -0.05) is 6.42 Å². The summed E-state index contributed by atoms with van der Waals surface area (Å²) in [6, 6.07) is 4.40. The van der Waals surface area contributed by atoms with Gasteiger partial charge in [-0.25, -0.2) is 0 Å². The van der Waals surface area contributed by atoms with Gasteiger partial charge >= 0.3 is 0 Å². The minimum Gasteiger partial charge on any atom is -0.344 e. The molecule has 1 aromatic heterocycles. The van der Waals surface area contributed by atoms with Crippen LogP contribution in [0.3, 0.4) is 0 Å². The van der Waals surface area contributed by atoms with Crippen molar-refractivity contribution in [3.63, 3.8) is 0 Å². The molecule has 0 spiro atoms. The molecule has 1 unspecified atom stereocenters. The van der Waals surface area contributed by atoms with Crippen LogP contribution in [0.4, 0.5) is 0 Å². The van der Waals surface area contributed by atoms with Gasteiger partial charge in [0.15, 0.2) is 6.29 Å². The van der Waals surface area contributed by atoms with E-state index < -0.39 is 0 Å². The maximum atomic E-state index is 10.8. The molecule has 1 fully saturated rings. The third-order valence-electron chi connectivity index (χ3n) is 3.31. The second-order valence-corrected chi connectivity index (χ2v) is 4.33. The molecule has 0 radical (unpaired) electrons. The van der Waals surface area contributed by atoms with Gasteiger partial charge in [0.25, 0.3) is 0 Å². The number of hydrogen-bond acceptors (Lipinski definition) is 2. The fraction of sp³-hybridized carbons (Fsp3) is 0.583. The molecule has 0 bridgehead atoms. The smallest absolute Gasteiger partial charge is 0.166 e. The number of likely N-dealkylation sites (N-methyl/N-ethyl adjacent to an activating group) is 1. The summed E-state index contributed by atoms with van der Waals surface area (Å²) in [5.74, 6) is 0. The lowest BCUT2D eigenvalue weighted by Crippen LogP contribution is -2.39. The van der Waals surface area contributed by atoms with Crippen LogP contribution in [-0.4, -0.2) is 35.4 Å². The zero-order valence-corrected chi connectivity index (χ0v) is 9.22. The molecule has 0 aromatic carbocycles. The summed E-state index contributed by atoms with van der Waals surface area (Å²) in [5, 5.41) is 0. The van der Waals surface area contributed by atoms with Crippen LogP contribution in [0.1, 0.15) is 29.8 Å². The van der Waals surface area contributed by atoms with Gasteiger partial charge in [-0.05, 0) is 38.6 Å². The topological polar surface area (TPSA) is 25.2 Å². The Labute approximate surface area is 90.7 Å². The van der Waals surface area contributed by atoms with Crippen molar-refractivity contribution in [1.82, 2.24) is 9.47 Å². The summed E-state index contributed by atoms with van der Waals surface area (Å²) in [5.41, 5.74) is 0.786. The van der Waals surface area contributed by atoms with Gasteiger partial charge in [0.05, 0.1) is 5.69 Å². The van der Waals surface area contributed by atoms with E-state index >= 15 is 0 Å². The average molecular weight is 206 g/mol. The van der Waals surface area contributed by atoms with E-state index in [2.05, 4.69) is 16.5 Å². The zero-order chi connectivity index (χ0) is 10.7. The van der Waals surface area contributed by atoms with Crippen LogP contribution in [0, 0.1) is 0 Å². The molecule has 3 nitrogen and oxygen atoms in total. The van der Waals surface area contributed by atoms with Crippen LogP contribution in [-0.2, 0) is 6.54 Å². The molecule has 3 heteroatoms. The SMILES string of the molecule is CN1CCCCC1Cn1cccc1C=O. The van der Waals surface area contributed by atoms with Crippen molar-refractivity contribution in [3.8, 4) is 0 Å². The molecule has 15 heavy (non-hydrogen) atoms. The van der Waals surface area contributed by atoms with E-state index in [1.54, 1.807) is 0 Å². The van der Waals surface area contributed by atoms with E-state index in [0.29, 0.717) is 6.04 Å². The van der Waals surface area contributed by atoms with Gasteiger partial charge in [0, 0.05) is 18.8 Å². The van der Waals surface area contributed by atoms with Crippen LogP contribution in [0.15, 0.2) is 18.3 Å². The average Bonchev–Trinajstić information content (AvgIpc) is 2.69. The molecule has 1 saturated heterocycles. The molecule has 0 aliphatic carbocycles. The Hall–Kier alpha value is -1.09. The molecular weight excluding hydrogens is 188 g/mol. The van der Waals surface area contributed by atoms with E-state index in [-0.39, 0.29) is 0 Å². The van der Waals surface area contributed by atoms with Crippen molar-refractivity contribution in [2.75, 3.05) is 13.6 Å². The van der Waals surface area contributed by atoms with Crippen LogP contribution < -0.4 is 0 Å². The number of piperidine rings is 1. The Bertz CT molecular complexity index is 332. The van der Waals surface area contributed by atoms with Crippen LogP contribution >= 0.6 is 0 Å². The Morgan fingerprint density at radius 2 is 2.40 bits per heavy atom. The molecule has 1 aromatic rings. The van der Waals surface area contributed by atoms with Crippen molar-refractivity contribution in [2.24, 2.45) is 0 Å². The number of carbonyl (C=O) groups is 1. The minimum atomic E-state index is 0.588. The summed E-state index contributed by atoms with van der Waals surface area (Å²) in [4.78, 5) is 13.2. The largest absolute Gasteiger partial charge is 0.344 e. The van der Waals surface area contributed by atoms with E-state index in [1.807, 2.05) is 18.3 Å². The number of aldehydes is 1. The first-order valence-corrected chi connectivity index (χ1v) is 5.62. The number of nitrogens with zero attached hydrogens (tertiary/aromatic N) is 2. The first-order chi connectivity index (χ1) is 7.31. The monoisotopic (exact) mass is 206 g/mol. The zero-order valence-electron chi connectivity index (χ0n) is 9.22. The lowest BCUT2D eigenvalue weighted by molar-refractivity contribution is 0.111. The summed E-state index contributed by atoms with van der Waals surface area (Å²) in [6.07, 6.45) is 6.79. The summed E-state index contributed by atoms with van der Waals surface area (Å²) < 4.78 is 2.06. The van der Waals surface area contributed by atoms with Gasteiger partial charge in [-0.3, -0.25) is 4.79 Å². The number of carbonyl (C=O) groups excluding carboxylic acids is 1. The van der Waals surface area contributed by atoms with E-state index in [4.69, 9.17) is 0 Å². The molecule has 2 rings (SSSR count). The molecule has 1 aliphatic rings. The van der Waals surface area contributed by atoms with E-state index in [0.717, 1.165) is 18.5 Å². The second kappa shape index (κ2) is 4.62. The molecule has 1 atom stereocenters. The molecule has 0 saturated carbocycles. The molecule has 0 N–H and O–H groups in total. The predicted molar refractivity (Wildman–Crippen MR) is 60.1 cm³/mol. The number of aromatic nitrogens is 1. The highest BCUT2D eigenvalue weighted by molar-refractivity contribution is 5.72. The molecule has 1 aliphatic heterocycles. The number of rotatable bonds is 3. The quantitative estimate of drug-likeness (QED) is 0.704. The van der Waals surface area contributed by atoms with Crippen molar-refractivity contribution >= 4 is 6.29 Å². The fourth-order valence-corrected chi connectivity index (χ4v) is 2.30. The fourth-order valence-electron chi connectivity index (χ4n) is 2.30. The molecular formula is C12H18N2O. The molecule has 82 valence electrons. The van der Waals surface area contributed by atoms with E-state index in [1.165, 1.54) is 25.8 Å². The maximum Gasteiger partial charge on any atom is 0.166 e. The lowest BCUT2D eigenvalue weighted by atomic mass is 10.0. The van der Waals surface area contributed by atoms with Gasteiger partial charge in [0.1, 0.15) is 0 Å². The maximum absolute atomic E-state index is 10.8. The Morgan fingerprint density at radius 3 is 3.13 bits per heavy atom. The first kappa shape index (κ1) is 10.4. The third-order valence-corrected chi connectivity index (χ3v) is 3.31. The highest BCUT2D eigenvalue weighted by Gasteiger charge is 2.19. The summed E-state index contributed by atoms with van der Waals surface area (Å²) in [7, 11) is 2.17. The Balaban J connectivity index is 2.04. The van der Waals surface area contributed by atoms with Crippen molar-refractivity contribution < 1.29 is 4.79 Å². The summed E-state index contributed by atoms with van der Waals surface area (Å²) >= 11 is 0. The predicted octanol–water partition coefficient (Wildman–Crippen LogP) is 1.78. The van der Waals surface area contributed by atoms with Gasteiger partial charge < -0.3 is 9.47 Å². The van der Waals surface area contributed by atoms with Gasteiger partial charge in [0.2, 0.25) is 0 Å². The highest BCUT2D eigenvalue weighted by Crippen LogP contribution is 2.17. The highest BCUT2D eigenvalue weighted by atomic mass is 16.1. The van der Waals surface area contributed by atoms with E-state index in [9.17, 15) is 4.79 Å². The Kier molecular flexibility index (Phi) is 3.21. The number of hydrogen-bond donors (Lipinski definition) is 0. The first-order valence-electron chi connectivity index (χ1n) is 5.62. The standard InChI is InChI=1S/C12H18N2O/c1-13-7-3-2-5-11(13)9-14-8-4-6-12(14)10-15/h4,6,8,10-11H,2-3,5,7,9H2,1H3. The minimum absolute atomic E-state index is 0.588. The van der Waals surface area contributed by atoms with Crippen molar-refractivity contribution in [3.05, 3.63) is 24.0 Å².